The average molecular weight is 385 g/mol. The molecule has 0 unspecified atom stereocenters. The highest BCUT2D eigenvalue weighted by atomic mass is 32.2. The van der Waals surface area contributed by atoms with Gasteiger partial charge in [-0.15, -0.1) is 11.8 Å². The van der Waals surface area contributed by atoms with Crippen LogP contribution in [0.1, 0.15) is 25.7 Å². The molecule has 2 fully saturated rings. The molecule has 138 valence electrons. The molecule has 1 aromatic carbocycles. The lowest BCUT2D eigenvalue weighted by Crippen LogP contribution is -2.32. The van der Waals surface area contributed by atoms with Crippen LogP contribution in [0.2, 0.25) is 0 Å². The number of thioether (sulfide) groups is 1. The van der Waals surface area contributed by atoms with Crippen molar-refractivity contribution in [2.45, 2.75) is 41.6 Å². The van der Waals surface area contributed by atoms with Gasteiger partial charge in [0.15, 0.2) is 0 Å². The SMILES string of the molecule is O=C(CSc1ccc(S(=O)(=O)N2CCCC2)cc1)NC[C@@H]1CCCO1. The maximum Gasteiger partial charge on any atom is 0.243 e. The van der Waals surface area contributed by atoms with E-state index >= 15 is 0 Å². The lowest BCUT2D eigenvalue weighted by Gasteiger charge is -2.15. The first-order valence-corrected chi connectivity index (χ1v) is 11.1. The zero-order chi connectivity index (χ0) is 17.7. The molecule has 0 spiro atoms. The van der Waals surface area contributed by atoms with E-state index in [0.717, 1.165) is 37.2 Å². The number of nitrogens with zero attached hydrogens (tertiary/aromatic N) is 1. The number of hydrogen-bond acceptors (Lipinski definition) is 5. The molecule has 1 amide bonds. The second-order valence-electron chi connectivity index (χ2n) is 6.31. The van der Waals surface area contributed by atoms with Gasteiger partial charge in [-0.3, -0.25) is 4.79 Å². The summed E-state index contributed by atoms with van der Waals surface area (Å²) < 4.78 is 31.9. The smallest absolute Gasteiger partial charge is 0.243 e. The van der Waals surface area contributed by atoms with E-state index in [1.165, 1.54) is 16.1 Å². The van der Waals surface area contributed by atoms with Gasteiger partial charge in [0.25, 0.3) is 0 Å². The maximum absolute atomic E-state index is 12.5. The molecule has 1 atom stereocenters. The number of sulfonamides is 1. The highest BCUT2D eigenvalue weighted by Gasteiger charge is 2.26. The molecular formula is C17H24N2O4S2. The van der Waals surface area contributed by atoms with Crippen molar-refractivity contribution < 1.29 is 17.9 Å². The molecular weight excluding hydrogens is 360 g/mol. The van der Waals surface area contributed by atoms with Gasteiger partial charge in [0.1, 0.15) is 0 Å². The fraction of sp³-hybridized carbons (Fsp3) is 0.588. The Balaban J connectivity index is 1.48. The van der Waals surface area contributed by atoms with E-state index in [9.17, 15) is 13.2 Å². The minimum Gasteiger partial charge on any atom is -0.376 e. The molecule has 0 aromatic heterocycles. The quantitative estimate of drug-likeness (QED) is 0.726. The van der Waals surface area contributed by atoms with E-state index in [-0.39, 0.29) is 12.0 Å². The van der Waals surface area contributed by atoms with Crippen LogP contribution in [0, 0.1) is 0 Å². The summed E-state index contributed by atoms with van der Waals surface area (Å²) in [7, 11) is -3.37. The van der Waals surface area contributed by atoms with Gasteiger partial charge in [0.05, 0.1) is 16.8 Å². The fourth-order valence-corrected chi connectivity index (χ4v) is 5.26. The van der Waals surface area contributed by atoms with Crippen LogP contribution in [0.15, 0.2) is 34.1 Å². The Labute approximate surface area is 153 Å². The minimum absolute atomic E-state index is 0.0331. The summed E-state index contributed by atoms with van der Waals surface area (Å²) in [5, 5.41) is 2.88. The molecule has 6 nitrogen and oxygen atoms in total. The van der Waals surface area contributed by atoms with Crippen molar-refractivity contribution in [3.05, 3.63) is 24.3 Å². The van der Waals surface area contributed by atoms with Gasteiger partial charge in [0.2, 0.25) is 15.9 Å². The van der Waals surface area contributed by atoms with E-state index in [0.29, 0.717) is 30.3 Å². The topological polar surface area (TPSA) is 75.7 Å². The molecule has 1 N–H and O–H groups in total. The normalized spacial score (nSPS) is 21.5. The Kier molecular flexibility index (Phi) is 6.38. The van der Waals surface area contributed by atoms with Crippen LogP contribution in [-0.4, -0.2) is 56.7 Å². The number of hydrogen-bond donors (Lipinski definition) is 1. The van der Waals surface area contributed by atoms with Gasteiger partial charge in [-0.1, -0.05) is 0 Å². The number of carbonyl (C=O) groups excluding carboxylic acids is 1. The van der Waals surface area contributed by atoms with E-state index in [4.69, 9.17) is 4.74 Å². The number of ether oxygens (including phenoxy) is 1. The zero-order valence-electron chi connectivity index (χ0n) is 14.1. The first-order valence-electron chi connectivity index (χ1n) is 8.67. The van der Waals surface area contributed by atoms with E-state index in [2.05, 4.69) is 5.32 Å². The highest BCUT2D eigenvalue weighted by Crippen LogP contribution is 2.24. The molecule has 25 heavy (non-hydrogen) atoms. The zero-order valence-corrected chi connectivity index (χ0v) is 15.8. The van der Waals surface area contributed by atoms with Crippen molar-refractivity contribution in [3.63, 3.8) is 0 Å². The molecule has 0 aliphatic carbocycles. The monoisotopic (exact) mass is 384 g/mol. The molecule has 0 saturated carbocycles. The van der Waals surface area contributed by atoms with Gasteiger partial charge in [-0.25, -0.2) is 8.42 Å². The van der Waals surface area contributed by atoms with Crippen molar-refractivity contribution in [3.8, 4) is 0 Å². The van der Waals surface area contributed by atoms with Crippen LogP contribution in [0.4, 0.5) is 0 Å². The molecule has 3 rings (SSSR count). The van der Waals surface area contributed by atoms with E-state index in [1.807, 2.05) is 0 Å². The summed E-state index contributed by atoms with van der Waals surface area (Å²) in [4.78, 5) is 13.1. The second-order valence-corrected chi connectivity index (χ2v) is 9.30. The third-order valence-electron chi connectivity index (χ3n) is 4.45. The predicted molar refractivity (Wildman–Crippen MR) is 97.1 cm³/mol. The molecule has 2 saturated heterocycles. The van der Waals surface area contributed by atoms with Crippen LogP contribution >= 0.6 is 11.8 Å². The van der Waals surface area contributed by atoms with Crippen molar-refractivity contribution in [2.75, 3.05) is 32.0 Å². The number of nitrogens with one attached hydrogen (secondary N) is 1. The first-order chi connectivity index (χ1) is 12.1. The molecule has 0 bridgehead atoms. The minimum atomic E-state index is -3.37. The Morgan fingerprint density at radius 3 is 2.56 bits per heavy atom. The van der Waals surface area contributed by atoms with Crippen LogP contribution in [0.5, 0.6) is 0 Å². The molecule has 2 aliphatic heterocycles. The number of amides is 1. The Hall–Kier alpha value is -1.09. The van der Waals surface area contributed by atoms with Crippen LogP contribution in [-0.2, 0) is 19.6 Å². The molecule has 2 aliphatic rings. The average Bonchev–Trinajstić information content (AvgIpc) is 3.32. The van der Waals surface area contributed by atoms with E-state index < -0.39 is 10.0 Å². The maximum atomic E-state index is 12.5. The van der Waals surface area contributed by atoms with Gasteiger partial charge >= 0.3 is 0 Å². The first kappa shape index (κ1) is 18.7. The Bertz CT molecular complexity index is 679. The third kappa shape index (κ3) is 4.97. The van der Waals surface area contributed by atoms with E-state index in [1.54, 1.807) is 24.3 Å². The lowest BCUT2D eigenvalue weighted by atomic mass is 10.2. The van der Waals surface area contributed by atoms with Crippen molar-refractivity contribution in [1.82, 2.24) is 9.62 Å². The van der Waals surface area contributed by atoms with Crippen molar-refractivity contribution in [2.24, 2.45) is 0 Å². The van der Waals surface area contributed by atoms with Gasteiger partial charge in [-0.05, 0) is 49.9 Å². The van der Waals surface area contributed by atoms with Crippen LogP contribution in [0.25, 0.3) is 0 Å². The number of carbonyl (C=O) groups is 1. The summed E-state index contributed by atoms with van der Waals surface area (Å²) in [5.41, 5.74) is 0. The molecule has 8 heteroatoms. The highest BCUT2D eigenvalue weighted by molar-refractivity contribution is 8.00. The standard InChI is InChI=1S/C17H24N2O4S2/c20-17(18-12-14-4-3-11-23-14)13-24-15-5-7-16(8-6-15)25(21,22)19-9-1-2-10-19/h5-8,14H,1-4,9-13H2,(H,18,20)/t14-/m0/s1. The molecule has 1 aromatic rings. The lowest BCUT2D eigenvalue weighted by molar-refractivity contribution is -0.119. The van der Waals surface area contributed by atoms with Gasteiger partial charge in [-0.2, -0.15) is 4.31 Å². The summed E-state index contributed by atoms with van der Waals surface area (Å²) in [6.45, 7) is 2.54. The Morgan fingerprint density at radius 1 is 1.20 bits per heavy atom. The number of benzene rings is 1. The van der Waals surface area contributed by atoms with Crippen LogP contribution in [0.3, 0.4) is 0 Å². The molecule has 0 radical (unpaired) electrons. The number of rotatable bonds is 7. The Morgan fingerprint density at radius 2 is 1.92 bits per heavy atom. The summed E-state index contributed by atoms with van der Waals surface area (Å²) in [5.74, 6) is 0.277. The van der Waals surface area contributed by atoms with Crippen molar-refractivity contribution >= 4 is 27.7 Å². The molecule has 2 heterocycles. The van der Waals surface area contributed by atoms with Crippen molar-refractivity contribution in [1.29, 1.82) is 0 Å². The van der Waals surface area contributed by atoms with Gasteiger partial charge in [0, 0.05) is 31.1 Å². The predicted octanol–water partition coefficient (Wildman–Crippen LogP) is 1.86. The third-order valence-corrected chi connectivity index (χ3v) is 7.37. The fourth-order valence-electron chi connectivity index (χ4n) is 3.02. The second kappa shape index (κ2) is 8.53. The van der Waals surface area contributed by atoms with Crippen LogP contribution < -0.4 is 5.32 Å². The summed E-state index contributed by atoms with van der Waals surface area (Å²) in [6, 6.07) is 6.78. The largest absolute Gasteiger partial charge is 0.376 e. The summed E-state index contributed by atoms with van der Waals surface area (Å²) >= 11 is 1.40. The summed E-state index contributed by atoms with van der Waals surface area (Å²) in [6.07, 6.45) is 4.05. The van der Waals surface area contributed by atoms with Gasteiger partial charge < -0.3 is 10.1 Å².